The highest BCUT2D eigenvalue weighted by atomic mass is 35.5. The van der Waals surface area contributed by atoms with Crippen molar-refractivity contribution in [2.75, 3.05) is 13.1 Å². The molecule has 1 atom stereocenters. The predicted molar refractivity (Wildman–Crippen MR) is 98.0 cm³/mol. The maximum atomic E-state index is 12.5. The monoisotopic (exact) mass is 359 g/mol. The van der Waals surface area contributed by atoms with E-state index in [-0.39, 0.29) is 17.5 Å². The van der Waals surface area contributed by atoms with Gasteiger partial charge in [0.05, 0.1) is 0 Å². The van der Waals surface area contributed by atoms with Gasteiger partial charge in [0.1, 0.15) is 0 Å². The molecule has 132 valence electrons. The lowest BCUT2D eigenvalue weighted by atomic mass is 9.98. The van der Waals surface area contributed by atoms with Crippen LogP contribution in [0.1, 0.15) is 35.7 Å². The molecule has 0 N–H and O–H groups in total. The van der Waals surface area contributed by atoms with Crippen LogP contribution in [-0.4, -0.2) is 33.4 Å². The number of aryl methyl sites for hydroxylation is 2. The number of hydrogen-bond acceptors (Lipinski definition) is 3. The topological polar surface area (TPSA) is 55.2 Å². The lowest BCUT2D eigenvalue weighted by molar-refractivity contribution is -0.130. The summed E-state index contributed by atoms with van der Waals surface area (Å²) >= 11 is 6.27. The third-order valence-corrected chi connectivity index (χ3v) is 5.13. The summed E-state index contributed by atoms with van der Waals surface area (Å²) in [5.74, 6) is 0.351. The van der Waals surface area contributed by atoms with Gasteiger partial charge in [-0.2, -0.15) is 4.98 Å². The number of aromatic nitrogens is 2. The zero-order valence-corrected chi connectivity index (χ0v) is 15.3. The summed E-state index contributed by atoms with van der Waals surface area (Å²) in [7, 11) is 0. The normalized spacial score (nSPS) is 17.1. The highest BCUT2D eigenvalue weighted by molar-refractivity contribution is 6.31. The lowest BCUT2D eigenvalue weighted by Crippen LogP contribution is -2.32. The fraction of sp³-hybridized carbons (Fsp3) is 0.421. The fourth-order valence-electron chi connectivity index (χ4n) is 3.46. The quantitative estimate of drug-likeness (QED) is 0.843. The third-order valence-electron chi connectivity index (χ3n) is 4.78. The van der Waals surface area contributed by atoms with Gasteiger partial charge in [0.2, 0.25) is 5.91 Å². The van der Waals surface area contributed by atoms with Gasteiger partial charge < -0.3 is 4.90 Å². The molecule has 1 fully saturated rings. The Bertz CT molecular complexity index is 847. The molecule has 2 aromatic rings. The second-order valence-corrected chi connectivity index (χ2v) is 6.98. The van der Waals surface area contributed by atoms with Crippen molar-refractivity contribution in [1.29, 1.82) is 0 Å². The fourth-order valence-corrected chi connectivity index (χ4v) is 3.75. The lowest BCUT2D eigenvalue weighted by Gasteiger charge is -2.18. The van der Waals surface area contributed by atoms with Gasteiger partial charge in [-0.3, -0.25) is 9.36 Å². The number of benzene rings is 1. The molecular weight excluding hydrogens is 338 g/mol. The summed E-state index contributed by atoms with van der Waals surface area (Å²) in [5.41, 5.74) is 2.35. The Hall–Kier alpha value is -2.14. The maximum Gasteiger partial charge on any atom is 0.347 e. The molecule has 0 radical (unpaired) electrons. The van der Waals surface area contributed by atoms with Crippen LogP contribution in [0.3, 0.4) is 0 Å². The Morgan fingerprint density at radius 3 is 2.80 bits per heavy atom. The SMILES string of the molecule is Cc1cc(C)n(CCC(=O)N2CC[C@@H](c3ccccc3Cl)C2)c(=O)n1. The van der Waals surface area contributed by atoms with Gasteiger partial charge in [0.15, 0.2) is 0 Å². The van der Waals surface area contributed by atoms with Crippen LogP contribution in [-0.2, 0) is 11.3 Å². The Morgan fingerprint density at radius 1 is 1.32 bits per heavy atom. The minimum absolute atomic E-state index is 0.0708. The van der Waals surface area contributed by atoms with E-state index >= 15 is 0 Å². The summed E-state index contributed by atoms with van der Waals surface area (Å²) in [4.78, 5) is 30.3. The number of carbonyl (C=O) groups excluding carboxylic acids is 1. The summed E-state index contributed by atoms with van der Waals surface area (Å²) < 4.78 is 1.56. The van der Waals surface area contributed by atoms with Crippen LogP contribution in [0.5, 0.6) is 0 Å². The van der Waals surface area contributed by atoms with Crippen LogP contribution >= 0.6 is 11.6 Å². The van der Waals surface area contributed by atoms with Crippen LogP contribution in [0.2, 0.25) is 5.02 Å². The third kappa shape index (κ3) is 3.93. The largest absolute Gasteiger partial charge is 0.347 e. The highest BCUT2D eigenvalue weighted by Crippen LogP contribution is 2.32. The minimum Gasteiger partial charge on any atom is -0.342 e. The second-order valence-electron chi connectivity index (χ2n) is 6.57. The van der Waals surface area contributed by atoms with E-state index < -0.39 is 0 Å². The van der Waals surface area contributed by atoms with Crippen molar-refractivity contribution >= 4 is 17.5 Å². The first-order valence-corrected chi connectivity index (χ1v) is 8.91. The van der Waals surface area contributed by atoms with Gasteiger partial charge in [-0.05, 0) is 38.0 Å². The molecule has 0 spiro atoms. The number of rotatable bonds is 4. The Labute approximate surface area is 152 Å². The van der Waals surface area contributed by atoms with Crippen molar-refractivity contribution in [2.24, 2.45) is 0 Å². The van der Waals surface area contributed by atoms with Crippen LogP contribution in [0, 0.1) is 13.8 Å². The van der Waals surface area contributed by atoms with Crippen molar-refractivity contribution in [2.45, 2.75) is 39.2 Å². The van der Waals surface area contributed by atoms with E-state index in [9.17, 15) is 9.59 Å². The van der Waals surface area contributed by atoms with E-state index in [1.54, 1.807) is 11.5 Å². The molecule has 1 aliphatic rings. The van der Waals surface area contributed by atoms with Crippen LogP contribution in [0.15, 0.2) is 35.1 Å². The predicted octanol–water partition coefficient (Wildman–Crippen LogP) is 2.92. The highest BCUT2D eigenvalue weighted by Gasteiger charge is 2.28. The van der Waals surface area contributed by atoms with E-state index in [2.05, 4.69) is 4.98 Å². The molecular formula is C19H22ClN3O2. The maximum absolute atomic E-state index is 12.5. The Kier molecular flexibility index (Phi) is 5.23. The molecule has 1 saturated heterocycles. The molecule has 0 bridgehead atoms. The zero-order valence-electron chi connectivity index (χ0n) is 14.5. The molecule has 25 heavy (non-hydrogen) atoms. The summed E-state index contributed by atoms with van der Waals surface area (Å²) in [6.45, 7) is 5.44. The van der Waals surface area contributed by atoms with Crippen LogP contribution in [0.4, 0.5) is 0 Å². The molecule has 3 rings (SSSR count). The van der Waals surface area contributed by atoms with Gasteiger partial charge in [0, 0.05) is 48.4 Å². The van der Waals surface area contributed by atoms with Crippen LogP contribution in [0.25, 0.3) is 0 Å². The van der Waals surface area contributed by atoms with Crippen molar-refractivity contribution in [1.82, 2.24) is 14.5 Å². The van der Waals surface area contributed by atoms with Gasteiger partial charge in [-0.25, -0.2) is 4.79 Å². The molecule has 6 heteroatoms. The smallest absolute Gasteiger partial charge is 0.342 e. The molecule has 0 saturated carbocycles. The average molecular weight is 360 g/mol. The van der Waals surface area contributed by atoms with Gasteiger partial charge in [-0.15, -0.1) is 0 Å². The first-order valence-electron chi connectivity index (χ1n) is 8.53. The molecule has 2 heterocycles. The van der Waals surface area contributed by atoms with E-state index in [4.69, 9.17) is 11.6 Å². The zero-order chi connectivity index (χ0) is 18.0. The van der Waals surface area contributed by atoms with Crippen LogP contribution < -0.4 is 5.69 Å². The van der Waals surface area contributed by atoms with E-state index in [1.807, 2.05) is 42.2 Å². The second kappa shape index (κ2) is 7.40. The van der Waals surface area contributed by atoms with Gasteiger partial charge >= 0.3 is 5.69 Å². The Morgan fingerprint density at radius 2 is 2.08 bits per heavy atom. The molecule has 1 aliphatic heterocycles. The summed E-state index contributed by atoms with van der Waals surface area (Å²) in [6.07, 6.45) is 1.22. The Balaban J connectivity index is 1.62. The minimum atomic E-state index is -0.291. The molecule has 0 unspecified atom stereocenters. The average Bonchev–Trinajstić information content (AvgIpc) is 3.04. The molecule has 0 aliphatic carbocycles. The van der Waals surface area contributed by atoms with E-state index in [0.717, 1.165) is 29.2 Å². The van der Waals surface area contributed by atoms with E-state index in [1.165, 1.54) is 0 Å². The number of carbonyl (C=O) groups is 1. The first-order chi connectivity index (χ1) is 12.0. The van der Waals surface area contributed by atoms with E-state index in [0.29, 0.717) is 25.2 Å². The van der Waals surface area contributed by atoms with Gasteiger partial charge in [-0.1, -0.05) is 29.8 Å². The van der Waals surface area contributed by atoms with Crippen molar-refractivity contribution in [3.8, 4) is 0 Å². The first kappa shape index (κ1) is 17.7. The molecule has 1 amide bonds. The summed E-state index contributed by atoms with van der Waals surface area (Å²) in [6, 6.07) is 9.67. The van der Waals surface area contributed by atoms with Gasteiger partial charge in [0.25, 0.3) is 0 Å². The molecule has 1 aromatic carbocycles. The number of halogens is 1. The number of amides is 1. The number of nitrogens with zero attached hydrogens (tertiary/aromatic N) is 3. The number of likely N-dealkylation sites (tertiary alicyclic amines) is 1. The molecule has 5 nitrogen and oxygen atoms in total. The summed E-state index contributed by atoms with van der Waals surface area (Å²) in [5, 5.41) is 0.759. The number of hydrogen-bond donors (Lipinski definition) is 0. The molecule has 1 aromatic heterocycles. The van der Waals surface area contributed by atoms with Crippen molar-refractivity contribution in [3.63, 3.8) is 0 Å². The standard InChI is InChI=1S/C19H22ClN3O2/c1-13-11-14(2)23(19(25)21-13)10-8-18(24)22-9-7-15(12-22)16-5-3-4-6-17(16)20/h3-6,11,15H,7-10,12H2,1-2H3/t15-/m1/s1. The van der Waals surface area contributed by atoms with Crippen molar-refractivity contribution < 1.29 is 4.79 Å². The van der Waals surface area contributed by atoms with Crippen molar-refractivity contribution in [3.05, 3.63) is 62.8 Å².